The van der Waals surface area contributed by atoms with Gasteiger partial charge in [0.15, 0.2) is 5.69 Å². The van der Waals surface area contributed by atoms with Crippen LogP contribution in [0.4, 0.5) is 5.69 Å². The molecule has 0 fully saturated rings. The smallest absolute Gasteiger partial charge is 0.249 e. The molecule has 0 aliphatic heterocycles. The lowest BCUT2D eigenvalue weighted by Gasteiger charge is -2.10. The van der Waals surface area contributed by atoms with Crippen molar-refractivity contribution in [2.24, 2.45) is 0 Å². The number of nitrogens with two attached hydrogens (primary N) is 1. The molecule has 2 N–H and O–H groups in total. The second-order valence-electron chi connectivity index (χ2n) is 3.28. The number of rotatable bonds is 3. The van der Waals surface area contributed by atoms with Crippen LogP contribution in [0.1, 0.15) is 0 Å². The maximum Gasteiger partial charge on any atom is 0.249 e. The molecule has 0 aliphatic carbocycles. The van der Waals surface area contributed by atoms with Crippen LogP contribution in [0.25, 0.3) is 0 Å². The molecule has 18 heavy (non-hydrogen) atoms. The van der Waals surface area contributed by atoms with E-state index in [9.17, 15) is 0 Å². The van der Waals surface area contributed by atoms with Gasteiger partial charge in [-0.15, -0.1) is 0 Å². The van der Waals surface area contributed by atoms with Crippen LogP contribution in [0.3, 0.4) is 0 Å². The lowest BCUT2D eigenvalue weighted by Crippen LogP contribution is -2.00. The zero-order chi connectivity index (χ0) is 13.1. The molecule has 5 nitrogen and oxygen atoms in total. The maximum absolute atomic E-state index is 6.01. The van der Waals surface area contributed by atoms with Crippen molar-refractivity contribution < 1.29 is 9.47 Å². The van der Waals surface area contributed by atoms with E-state index in [4.69, 9.17) is 26.8 Å². The van der Waals surface area contributed by atoms with Crippen molar-refractivity contribution in [1.82, 2.24) is 9.97 Å². The van der Waals surface area contributed by atoms with Gasteiger partial charge in [0.2, 0.25) is 11.8 Å². The molecular weight excluding hydrogens is 321 g/mol. The van der Waals surface area contributed by atoms with Gasteiger partial charge in [-0.2, -0.15) is 9.97 Å². The monoisotopic (exact) mass is 329 g/mol. The molecule has 1 aromatic carbocycles. The molecule has 2 aromatic rings. The zero-order valence-electron chi connectivity index (χ0n) is 9.35. The molecule has 0 bridgehead atoms. The minimum atomic E-state index is 0.196. The number of hydrogen-bond donors (Lipinski definition) is 1. The Labute approximate surface area is 117 Å². The molecule has 1 heterocycles. The fourth-order valence-corrected chi connectivity index (χ4v) is 1.76. The highest BCUT2D eigenvalue weighted by Crippen LogP contribution is 2.35. The summed E-state index contributed by atoms with van der Waals surface area (Å²) in [7, 11) is 1.47. The number of hydrogen-bond acceptors (Lipinski definition) is 5. The van der Waals surface area contributed by atoms with Gasteiger partial charge in [0.25, 0.3) is 0 Å². The van der Waals surface area contributed by atoms with Gasteiger partial charge in [-0.05, 0) is 18.2 Å². The van der Waals surface area contributed by atoms with Crippen molar-refractivity contribution in [3.05, 3.63) is 34.0 Å². The van der Waals surface area contributed by atoms with Gasteiger partial charge in [-0.3, -0.25) is 0 Å². The summed E-state index contributed by atoms with van der Waals surface area (Å²) < 4.78 is 11.4. The van der Waals surface area contributed by atoms with E-state index < -0.39 is 0 Å². The van der Waals surface area contributed by atoms with Gasteiger partial charge in [-0.25, -0.2) is 0 Å². The van der Waals surface area contributed by atoms with Crippen molar-refractivity contribution >= 4 is 33.2 Å². The SMILES string of the molecule is COc1ncnc(Oc2cc(Br)ccc2Cl)c1N. The third-order valence-electron chi connectivity index (χ3n) is 2.10. The van der Waals surface area contributed by atoms with E-state index in [2.05, 4.69) is 25.9 Å². The predicted octanol–water partition coefficient (Wildman–Crippen LogP) is 3.28. The summed E-state index contributed by atoms with van der Waals surface area (Å²) in [5.41, 5.74) is 6.02. The van der Waals surface area contributed by atoms with Gasteiger partial charge < -0.3 is 15.2 Å². The van der Waals surface area contributed by atoms with E-state index in [0.717, 1.165) is 4.47 Å². The minimum Gasteiger partial charge on any atom is -0.479 e. The third-order valence-corrected chi connectivity index (χ3v) is 2.91. The third kappa shape index (κ3) is 2.65. The fourth-order valence-electron chi connectivity index (χ4n) is 1.27. The average Bonchev–Trinajstić information content (AvgIpc) is 2.36. The number of nitrogens with zero attached hydrogens (tertiary/aromatic N) is 2. The molecule has 0 spiro atoms. The Morgan fingerprint density at radius 2 is 2.00 bits per heavy atom. The summed E-state index contributed by atoms with van der Waals surface area (Å²) in [6.45, 7) is 0. The average molecular weight is 331 g/mol. The minimum absolute atomic E-state index is 0.196. The van der Waals surface area contributed by atoms with E-state index in [1.54, 1.807) is 18.2 Å². The van der Waals surface area contributed by atoms with Crippen LogP contribution in [0.15, 0.2) is 29.0 Å². The molecule has 0 saturated carbocycles. The summed E-state index contributed by atoms with van der Waals surface area (Å²) in [4.78, 5) is 7.80. The Hall–Kier alpha value is -1.53. The normalized spacial score (nSPS) is 10.2. The first-order valence-corrected chi connectivity index (χ1v) is 6.06. The highest BCUT2D eigenvalue weighted by molar-refractivity contribution is 9.10. The highest BCUT2D eigenvalue weighted by atomic mass is 79.9. The molecule has 0 aliphatic rings. The number of ether oxygens (including phenoxy) is 2. The highest BCUT2D eigenvalue weighted by Gasteiger charge is 2.12. The standard InChI is InChI=1S/C11H9BrClN3O2/c1-17-10-9(14)11(16-5-15-10)18-8-4-6(12)2-3-7(8)13/h2-5H,14H2,1H3. The van der Waals surface area contributed by atoms with E-state index in [0.29, 0.717) is 10.8 Å². The first-order chi connectivity index (χ1) is 8.61. The second-order valence-corrected chi connectivity index (χ2v) is 4.60. The van der Waals surface area contributed by atoms with Crippen LogP contribution >= 0.6 is 27.5 Å². The van der Waals surface area contributed by atoms with E-state index in [-0.39, 0.29) is 17.4 Å². The summed E-state index contributed by atoms with van der Waals surface area (Å²) in [6.07, 6.45) is 1.30. The quantitative estimate of drug-likeness (QED) is 0.935. The van der Waals surface area contributed by atoms with Crippen molar-refractivity contribution in [3.8, 4) is 17.5 Å². The zero-order valence-corrected chi connectivity index (χ0v) is 11.7. The van der Waals surface area contributed by atoms with Gasteiger partial charge in [-0.1, -0.05) is 27.5 Å². The van der Waals surface area contributed by atoms with Gasteiger partial charge in [0.05, 0.1) is 12.1 Å². The molecular formula is C11H9BrClN3O2. The van der Waals surface area contributed by atoms with Gasteiger partial charge in [0, 0.05) is 4.47 Å². The largest absolute Gasteiger partial charge is 0.479 e. The van der Waals surface area contributed by atoms with Crippen LogP contribution in [0.5, 0.6) is 17.5 Å². The predicted molar refractivity (Wildman–Crippen MR) is 72.2 cm³/mol. The summed E-state index contributed by atoms with van der Waals surface area (Å²) in [6, 6.07) is 5.23. The number of anilines is 1. The summed E-state index contributed by atoms with van der Waals surface area (Å²) in [5.74, 6) is 0.895. The molecule has 0 atom stereocenters. The van der Waals surface area contributed by atoms with Crippen molar-refractivity contribution in [3.63, 3.8) is 0 Å². The van der Waals surface area contributed by atoms with Crippen LogP contribution in [0.2, 0.25) is 5.02 Å². The summed E-state index contributed by atoms with van der Waals surface area (Å²) >= 11 is 9.34. The molecule has 0 saturated heterocycles. The lowest BCUT2D eigenvalue weighted by molar-refractivity contribution is 0.391. The maximum atomic E-state index is 6.01. The molecule has 2 rings (SSSR count). The lowest BCUT2D eigenvalue weighted by atomic mass is 10.3. The first-order valence-electron chi connectivity index (χ1n) is 4.89. The van der Waals surface area contributed by atoms with E-state index in [1.165, 1.54) is 13.4 Å². The van der Waals surface area contributed by atoms with Gasteiger partial charge >= 0.3 is 0 Å². The number of halogens is 2. The topological polar surface area (TPSA) is 70.3 Å². The van der Waals surface area contributed by atoms with Crippen molar-refractivity contribution in [1.29, 1.82) is 0 Å². The Morgan fingerprint density at radius 1 is 1.28 bits per heavy atom. The van der Waals surface area contributed by atoms with E-state index >= 15 is 0 Å². The van der Waals surface area contributed by atoms with Crippen molar-refractivity contribution in [2.75, 3.05) is 12.8 Å². The first kappa shape index (κ1) is 12.9. The summed E-state index contributed by atoms with van der Waals surface area (Å²) in [5, 5.41) is 0.454. The molecule has 0 unspecified atom stereocenters. The van der Waals surface area contributed by atoms with Gasteiger partial charge in [0.1, 0.15) is 12.1 Å². The molecule has 0 radical (unpaired) electrons. The molecule has 7 heteroatoms. The van der Waals surface area contributed by atoms with Crippen LogP contribution < -0.4 is 15.2 Å². The molecule has 94 valence electrons. The van der Waals surface area contributed by atoms with E-state index in [1.807, 2.05) is 0 Å². The fraction of sp³-hybridized carbons (Fsp3) is 0.0909. The number of nitrogen functional groups attached to an aromatic ring is 1. The molecule has 1 aromatic heterocycles. The Bertz CT molecular complexity index is 580. The number of methoxy groups -OCH3 is 1. The van der Waals surface area contributed by atoms with Crippen LogP contribution in [-0.4, -0.2) is 17.1 Å². The van der Waals surface area contributed by atoms with Crippen LogP contribution in [0, 0.1) is 0 Å². The molecule has 0 amide bonds. The Kier molecular flexibility index (Phi) is 3.88. The Morgan fingerprint density at radius 3 is 2.72 bits per heavy atom. The number of benzene rings is 1. The second kappa shape index (κ2) is 5.41. The van der Waals surface area contributed by atoms with Crippen LogP contribution in [-0.2, 0) is 0 Å². The van der Waals surface area contributed by atoms with Crippen molar-refractivity contribution in [2.45, 2.75) is 0 Å². The number of aromatic nitrogens is 2. The Balaban J connectivity index is 2.37.